The zero-order valence-corrected chi connectivity index (χ0v) is 24.5. The van der Waals surface area contributed by atoms with Gasteiger partial charge in [0.25, 0.3) is 0 Å². The van der Waals surface area contributed by atoms with E-state index in [9.17, 15) is 10.2 Å². The van der Waals surface area contributed by atoms with Crippen molar-refractivity contribution >= 4 is 41.7 Å². The van der Waals surface area contributed by atoms with Crippen LogP contribution in [-0.4, -0.2) is 70.5 Å². The third kappa shape index (κ3) is 8.47. The molecule has 0 saturated carbocycles. The van der Waals surface area contributed by atoms with Gasteiger partial charge in [0, 0.05) is 88.6 Å². The molecule has 0 aliphatic carbocycles. The third-order valence-corrected chi connectivity index (χ3v) is 12.8. The van der Waals surface area contributed by atoms with Gasteiger partial charge >= 0.3 is 17.6 Å². The Bertz CT molecular complexity index is 838. The van der Waals surface area contributed by atoms with Gasteiger partial charge in [0.2, 0.25) is 0 Å². The lowest BCUT2D eigenvalue weighted by Gasteiger charge is -2.24. The number of phenolic OH excluding ortho intramolecular Hbond substituents is 2. The molecule has 2 N–H and O–H groups in total. The van der Waals surface area contributed by atoms with Crippen molar-refractivity contribution in [3.63, 3.8) is 0 Å². The Morgan fingerprint density at radius 1 is 0.600 bits per heavy atom. The van der Waals surface area contributed by atoms with Gasteiger partial charge in [-0.1, -0.05) is 0 Å². The Morgan fingerprint density at radius 2 is 0.943 bits per heavy atom. The first-order chi connectivity index (χ1) is 16.8. The van der Waals surface area contributed by atoms with Gasteiger partial charge in [-0.05, 0) is 60.4 Å². The van der Waals surface area contributed by atoms with Gasteiger partial charge in [-0.15, -0.1) is 0 Å². The molecule has 0 heterocycles. The van der Waals surface area contributed by atoms with Crippen LogP contribution >= 0.6 is 24.1 Å². The molecular formula is C22H34O9S2Si2. The van der Waals surface area contributed by atoms with Gasteiger partial charge in [-0.3, -0.25) is 0 Å². The van der Waals surface area contributed by atoms with E-state index in [0.717, 1.165) is 20.9 Å². The molecule has 0 atom stereocenters. The molecule has 9 nitrogen and oxygen atoms in total. The molecule has 13 heteroatoms. The van der Waals surface area contributed by atoms with Crippen molar-refractivity contribution in [2.45, 2.75) is 34.7 Å². The van der Waals surface area contributed by atoms with Gasteiger partial charge in [0.1, 0.15) is 11.5 Å². The molecule has 0 aliphatic rings. The highest BCUT2D eigenvalue weighted by atomic mass is 32.2. The topological polar surface area (TPSA) is 105 Å². The molecule has 196 valence electrons. The number of aryl methyl sites for hydroxylation is 2. The molecule has 2 aromatic rings. The van der Waals surface area contributed by atoms with Crippen LogP contribution in [0.4, 0.5) is 0 Å². The molecule has 2 rings (SSSR count). The van der Waals surface area contributed by atoms with E-state index in [2.05, 4.69) is 0 Å². The van der Waals surface area contributed by atoms with Crippen LogP contribution in [0.2, 0.25) is 12.1 Å². The average Bonchev–Trinajstić information content (AvgIpc) is 2.88. The smallest absolute Gasteiger partial charge is 0.500 e. The van der Waals surface area contributed by atoms with E-state index >= 15 is 0 Å². The standard InChI is InChI=1S/C22H34O9S2Si2/c1-25-34(26-2,27-3)13-11-17-15-19(23)7-9-21(17)32-31-33-22-10-8-20(24)16-18(22)12-14-35(28-4,29-5)30-6/h7-10,15-16,23-24H,11-14H2,1-6H3. The summed E-state index contributed by atoms with van der Waals surface area (Å²) in [6.45, 7) is 0. The first-order valence-electron chi connectivity index (χ1n) is 10.8. The first-order valence-corrected chi connectivity index (χ1v) is 16.1. The minimum absolute atomic E-state index is 0.166. The van der Waals surface area contributed by atoms with Crippen molar-refractivity contribution in [1.82, 2.24) is 0 Å². The lowest BCUT2D eigenvalue weighted by Crippen LogP contribution is -2.43. The highest BCUT2D eigenvalue weighted by molar-refractivity contribution is 8.08. The first kappa shape index (κ1) is 30.1. The number of benzene rings is 2. The van der Waals surface area contributed by atoms with E-state index in [1.54, 1.807) is 79.1 Å². The largest absolute Gasteiger partial charge is 0.508 e. The Kier molecular flexibility index (Phi) is 12.6. The number of aromatic hydroxyl groups is 2. The van der Waals surface area contributed by atoms with Crippen molar-refractivity contribution < 1.29 is 40.4 Å². The summed E-state index contributed by atoms with van der Waals surface area (Å²) in [7, 11) is 3.93. The lowest BCUT2D eigenvalue weighted by atomic mass is 10.1. The highest BCUT2D eigenvalue weighted by Crippen LogP contribution is 2.37. The Hall–Kier alpha value is -1.11. The van der Waals surface area contributed by atoms with Crippen molar-refractivity contribution in [3.05, 3.63) is 47.5 Å². The van der Waals surface area contributed by atoms with Crippen molar-refractivity contribution in [2.24, 2.45) is 0 Å². The quantitative estimate of drug-likeness (QED) is 0.220. The summed E-state index contributed by atoms with van der Waals surface area (Å²) < 4.78 is 38.9. The summed E-state index contributed by atoms with van der Waals surface area (Å²) in [4.78, 5) is 1.71. The summed E-state index contributed by atoms with van der Waals surface area (Å²) in [5.41, 5.74) is 1.78. The molecule has 0 saturated heterocycles. The van der Waals surface area contributed by atoms with E-state index in [1.807, 2.05) is 0 Å². The van der Waals surface area contributed by atoms with E-state index < -0.39 is 17.6 Å². The summed E-state index contributed by atoms with van der Waals surface area (Å²) in [6, 6.07) is 11.3. The minimum atomic E-state index is -2.76. The van der Waals surface area contributed by atoms with Gasteiger partial charge in [-0.25, -0.2) is 3.63 Å². The molecule has 35 heavy (non-hydrogen) atoms. The molecule has 0 aromatic heterocycles. The second kappa shape index (κ2) is 14.6. The van der Waals surface area contributed by atoms with Crippen molar-refractivity contribution in [1.29, 1.82) is 0 Å². The normalized spacial score (nSPS) is 12.3. The fourth-order valence-electron chi connectivity index (χ4n) is 3.46. The van der Waals surface area contributed by atoms with Crippen LogP contribution in [0.5, 0.6) is 11.5 Å². The van der Waals surface area contributed by atoms with Crippen LogP contribution in [0.15, 0.2) is 46.2 Å². The number of hydrogen-bond donors (Lipinski definition) is 2. The number of hydrogen-bond acceptors (Lipinski definition) is 11. The molecule has 0 unspecified atom stereocenters. The zero-order chi connectivity index (χ0) is 25.9. The lowest BCUT2D eigenvalue weighted by molar-refractivity contribution is 0.123. The minimum Gasteiger partial charge on any atom is -0.508 e. The predicted molar refractivity (Wildman–Crippen MR) is 140 cm³/mol. The summed E-state index contributed by atoms with van der Waals surface area (Å²) in [6.07, 6.45) is 1.16. The zero-order valence-electron chi connectivity index (χ0n) is 20.9. The summed E-state index contributed by atoms with van der Waals surface area (Å²) in [5, 5.41) is 20.0. The maximum atomic E-state index is 10.0. The number of phenols is 2. The molecule has 0 aliphatic heterocycles. The predicted octanol–water partition coefficient (Wildman–Crippen LogP) is 4.67. The molecule has 0 radical (unpaired) electrons. The monoisotopic (exact) mass is 562 g/mol. The van der Waals surface area contributed by atoms with E-state index in [-0.39, 0.29) is 11.5 Å². The Balaban J connectivity index is 2.10. The summed E-state index contributed by atoms with van der Waals surface area (Å²) >= 11 is 2.38. The third-order valence-electron chi connectivity index (χ3n) is 5.60. The highest BCUT2D eigenvalue weighted by Gasteiger charge is 2.38. The van der Waals surface area contributed by atoms with Crippen LogP contribution in [0.3, 0.4) is 0 Å². The van der Waals surface area contributed by atoms with Gasteiger partial charge in [-0.2, -0.15) is 0 Å². The van der Waals surface area contributed by atoms with Gasteiger partial charge in [0.05, 0.1) is 0 Å². The second-order valence-electron chi connectivity index (χ2n) is 7.41. The average molecular weight is 563 g/mol. The Morgan fingerprint density at radius 3 is 1.26 bits per heavy atom. The van der Waals surface area contributed by atoms with E-state index in [4.69, 9.17) is 30.2 Å². The van der Waals surface area contributed by atoms with Crippen LogP contribution in [0.1, 0.15) is 11.1 Å². The van der Waals surface area contributed by atoms with E-state index in [0.29, 0.717) is 24.9 Å². The SMILES string of the molecule is CO[Si](CCc1cc(O)ccc1SOSc1ccc(O)cc1CC[Si](OC)(OC)OC)(OC)OC. The molecule has 0 bridgehead atoms. The fraction of sp³-hybridized carbons (Fsp3) is 0.455. The van der Waals surface area contributed by atoms with Crippen LogP contribution in [0.25, 0.3) is 0 Å². The Labute approximate surface area is 218 Å². The number of rotatable bonds is 16. The van der Waals surface area contributed by atoms with Crippen LogP contribution in [-0.2, 0) is 43.0 Å². The molecular weight excluding hydrogens is 529 g/mol. The van der Waals surface area contributed by atoms with Crippen molar-refractivity contribution in [3.8, 4) is 11.5 Å². The maximum absolute atomic E-state index is 10.0. The van der Waals surface area contributed by atoms with Gasteiger partial charge < -0.3 is 36.8 Å². The van der Waals surface area contributed by atoms with E-state index in [1.165, 1.54) is 24.1 Å². The molecule has 0 fully saturated rings. The van der Waals surface area contributed by atoms with Gasteiger partial charge in [0.15, 0.2) is 0 Å². The molecule has 2 aromatic carbocycles. The fourth-order valence-corrected chi connectivity index (χ4v) is 8.34. The molecule has 0 spiro atoms. The second-order valence-corrected chi connectivity index (χ2v) is 15.3. The summed E-state index contributed by atoms with van der Waals surface area (Å²) in [5.74, 6) is 0.332. The van der Waals surface area contributed by atoms with Crippen LogP contribution < -0.4 is 0 Å². The van der Waals surface area contributed by atoms with Crippen LogP contribution in [0, 0.1) is 0 Å². The van der Waals surface area contributed by atoms with Crippen molar-refractivity contribution in [2.75, 3.05) is 42.7 Å². The maximum Gasteiger partial charge on any atom is 0.500 e. The molecule has 0 amide bonds.